The zero-order valence-corrected chi connectivity index (χ0v) is 12.0. The molecule has 0 aromatic heterocycles. The third-order valence-electron chi connectivity index (χ3n) is 1.83. The summed E-state index contributed by atoms with van der Waals surface area (Å²) in [6, 6.07) is 7.45. The molecule has 1 aromatic carbocycles. The van der Waals surface area contributed by atoms with Crippen LogP contribution >= 0.6 is 27.4 Å². The highest BCUT2D eigenvalue weighted by Gasteiger charge is 2.12. The molecule has 0 bridgehead atoms. The Hall–Kier alpha value is -0.280. The lowest BCUT2D eigenvalue weighted by Crippen LogP contribution is -2.00. The molecule has 0 unspecified atom stereocenters. The molecule has 88 valence electrons. The Kier molecular flexibility index (Phi) is 5.06. The van der Waals surface area contributed by atoms with E-state index >= 15 is 0 Å². The summed E-state index contributed by atoms with van der Waals surface area (Å²) in [5.74, 6) is 0.797. The van der Waals surface area contributed by atoms with E-state index in [9.17, 15) is 0 Å². The Morgan fingerprint density at radius 1 is 1.38 bits per heavy atom. The quantitative estimate of drug-likeness (QED) is 0.481. The Balaban J connectivity index is 2.73. The van der Waals surface area contributed by atoms with Crippen LogP contribution in [0.5, 0.6) is 5.75 Å². The van der Waals surface area contributed by atoms with E-state index in [1.54, 1.807) is 20.4 Å². The van der Waals surface area contributed by atoms with Crippen molar-refractivity contribution in [3.63, 3.8) is 0 Å². The summed E-state index contributed by atoms with van der Waals surface area (Å²) in [5, 5.41) is 4.07. The van der Waals surface area contributed by atoms with Gasteiger partial charge in [-0.2, -0.15) is 5.10 Å². The number of halogens is 2. The third kappa shape index (κ3) is 4.30. The molecule has 0 saturated carbocycles. The van der Waals surface area contributed by atoms with E-state index in [1.165, 1.54) is 4.78 Å². The summed E-state index contributed by atoms with van der Waals surface area (Å²) in [6.45, 7) is 0. The lowest BCUT2D eigenvalue weighted by molar-refractivity contribution is 0.415. The first-order valence-corrected chi connectivity index (χ1v) is 8.91. The van der Waals surface area contributed by atoms with Gasteiger partial charge in [-0.15, -0.1) is 0 Å². The maximum atomic E-state index is 5.78. The largest absolute Gasteiger partial charge is 0.497 e. The van der Waals surface area contributed by atoms with Crippen LogP contribution in [-0.2, 0) is 11.8 Å². The van der Waals surface area contributed by atoms with Gasteiger partial charge in [0, 0.05) is 7.05 Å². The minimum absolute atomic E-state index is 0.797. The Bertz CT molecular complexity index is 418. The average Bonchev–Trinajstić information content (AvgIpc) is 2.25. The summed E-state index contributed by atoms with van der Waals surface area (Å²) >= 11 is 16.5. The molecule has 7 heteroatoms. The molecule has 0 aliphatic carbocycles. The van der Waals surface area contributed by atoms with E-state index in [2.05, 4.69) is 5.10 Å². The van der Waals surface area contributed by atoms with Crippen LogP contribution < -0.4 is 4.74 Å². The van der Waals surface area contributed by atoms with Gasteiger partial charge in [-0.1, -0.05) is 0 Å². The molecule has 0 amide bonds. The molecule has 0 saturated heterocycles. The van der Waals surface area contributed by atoms with Crippen molar-refractivity contribution in [3.8, 4) is 5.75 Å². The van der Waals surface area contributed by atoms with Gasteiger partial charge >= 0.3 is 0 Å². The number of ether oxygens (including phenoxy) is 1. The first-order chi connectivity index (χ1) is 7.43. The number of hydrogen-bond donors (Lipinski definition) is 0. The second kappa shape index (κ2) is 5.87. The van der Waals surface area contributed by atoms with E-state index in [1.807, 2.05) is 24.3 Å². The maximum Gasteiger partial charge on any atom is 0.222 e. The van der Waals surface area contributed by atoms with Gasteiger partial charge in [-0.25, -0.2) is 4.78 Å². The minimum atomic E-state index is -2.52. The molecule has 0 N–H and O–H groups in total. The van der Waals surface area contributed by atoms with Crippen LogP contribution in [-0.4, -0.2) is 25.2 Å². The molecular formula is C9H11Cl2N2OPS. The van der Waals surface area contributed by atoms with E-state index < -0.39 is 4.89 Å². The fourth-order valence-corrected chi connectivity index (χ4v) is 1.43. The van der Waals surface area contributed by atoms with Crippen molar-refractivity contribution in [2.24, 2.45) is 5.10 Å². The van der Waals surface area contributed by atoms with Gasteiger partial charge in [0.15, 0.2) is 0 Å². The fraction of sp³-hybridized carbons (Fsp3) is 0.222. The van der Waals surface area contributed by atoms with Crippen molar-refractivity contribution in [1.82, 2.24) is 4.78 Å². The van der Waals surface area contributed by atoms with Crippen LogP contribution in [0.3, 0.4) is 0 Å². The van der Waals surface area contributed by atoms with Crippen molar-refractivity contribution < 1.29 is 4.74 Å². The summed E-state index contributed by atoms with van der Waals surface area (Å²) in [7, 11) is 3.27. The summed E-state index contributed by atoms with van der Waals surface area (Å²) in [6.07, 6.45) is 1.64. The van der Waals surface area contributed by atoms with Crippen LogP contribution in [0.2, 0.25) is 0 Å². The smallest absolute Gasteiger partial charge is 0.222 e. The Labute approximate surface area is 110 Å². The molecule has 16 heavy (non-hydrogen) atoms. The maximum absolute atomic E-state index is 5.78. The van der Waals surface area contributed by atoms with Gasteiger partial charge in [0.1, 0.15) is 5.75 Å². The predicted molar refractivity (Wildman–Crippen MR) is 74.3 cm³/mol. The SMILES string of the molecule is COc1ccc(/C=N\N(C)P(=S)(Cl)Cl)cc1. The minimum Gasteiger partial charge on any atom is -0.497 e. The highest BCUT2D eigenvalue weighted by molar-refractivity contribution is 8.37. The van der Waals surface area contributed by atoms with Gasteiger partial charge in [-0.05, 0) is 64.1 Å². The van der Waals surface area contributed by atoms with Crippen molar-refractivity contribution in [2.75, 3.05) is 14.2 Å². The molecular weight excluding hydrogens is 286 g/mol. The normalized spacial score (nSPS) is 11.8. The van der Waals surface area contributed by atoms with Crippen LogP contribution in [0, 0.1) is 0 Å². The molecule has 0 aliphatic heterocycles. The summed E-state index contributed by atoms with van der Waals surface area (Å²) in [5.41, 5.74) is 0.921. The van der Waals surface area contributed by atoms with Crippen LogP contribution in [0.15, 0.2) is 29.4 Å². The standard InChI is InChI=1S/C9H11Cl2N2OPS/c1-13(15(10,11)16)12-7-8-3-5-9(14-2)6-4-8/h3-7H,1-2H3/b12-7-. The van der Waals surface area contributed by atoms with Crippen molar-refractivity contribution >= 4 is 45.4 Å². The van der Waals surface area contributed by atoms with E-state index in [0.29, 0.717) is 0 Å². The molecule has 0 heterocycles. The zero-order chi connectivity index (χ0) is 12.2. The third-order valence-corrected chi connectivity index (χ3v) is 4.63. The molecule has 0 fully saturated rings. The Morgan fingerprint density at radius 2 is 1.94 bits per heavy atom. The number of nitrogens with zero attached hydrogens (tertiary/aromatic N) is 2. The van der Waals surface area contributed by atoms with Gasteiger partial charge in [0.2, 0.25) is 4.89 Å². The Morgan fingerprint density at radius 3 is 2.38 bits per heavy atom. The summed E-state index contributed by atoms with van der Waals surface area (Å²) < 4.78 is 6.44. The van der Waals surface area contributed by atoms with Gasteiger partial charge < -0.3 is 4.74 Å². The number of hydrazone groups is 1. The number of methoxy groups -OCH3 is 1. The van der Waals surface area contributed by atoms with Crippen LogP contribution in [0.25, 0.3) is 0 Å². The first-order valence-electron chi connectivity index (χ1n) is 4.35. The topological polar surface area (TPSA) is 24.8 Å². The first kappa shape index (κ1) is 13.8. The van der Waals surface area contributed by atoms with E-state index in [-0.39, 0.29) is 0 Å². The van der Waals surface area contributed by atoms with Gasteiger partial charge in [0.25, 0.3) is 0 Å². The lowest BCUT2D eigenvalue weighted by atomic mass is 10.2. The molecule has 0 atom stereocenters. The number of rotatable bonds is 4. The van der Waals surface area contributed by atoms with E-state index in [0.717, 1.165) is 11.3 Å². The number of benzene rings is 1. The molecule has 1 aromatic rings. The zero-order valence-electron chi connectivity index (χ0n) is 8.80. The second-order valence-corrected chi connectivity index (χ2v) is 10.6. The molecule has 3 nitrogen and oxygen atoms in total. The highest BCUT2D eigenvalue weighted by Crippen LogP contribution is 2.59. The van der Waals surface area contributed by atoms with Crippen LogP contribution in [0.4, 0.5) is 0 Å². The summed E-state index contributed by atoms with van der Waals surface area (Å²) in [4.78, 5) is -2.52. The fourth-order valence-electron chi connectivity index (χ4n) is 0.900. The lowest BCUT2D eigenvalue weighted by Gasteiger charge is -2.15. The molecule has 0 aliphatic rings. The average molecular weight is 297 g/mol. The monoisotopic (exact) mass is 296 g/mol. The van der Waals surface area contributed by atoms with Crippen molar-refractivity contribution in [1.29, 1.82) is 0 Å². The molecule has 0 radical (unpaired) electrons. The van der Waals surface area contributed by atoms with E-state index in [4.69, 9.17) is 39.0 Å². The van der Waals surface area contributed by atoms with Crippen molar-refractivity contribution in [3.05, 3.63) is 29.8 Å². The highest BCUT2D eigenvalue weighted by atomic mass is 35.9. The number of hydrogen-bond acceptors (Lipinski definition) is 3. The van der Waals surface area contributed by atoms with Gasteiger partial charge in [-0.3, -0.25) is 0 Å². The van der Waals surface area contributed by atoms with Crippen LogP contribution in [0.1, 0.15) is 5.56 Å². The predicted octanol–water partition coefficient (Wildman–Crippen LogP) is 3.66. The van der Waals surface area contributed by atoms with Gasteiger partial charge in [0.05, 0.1) is 13.3 Å². The molecule has 1 rings (SSSR count). The second-order valence-electron chi connectivity index (χ2n) is 2.94. The molecule has 0 spiro atoms. The van der Waals surface area contributed by atoms with Crippen molar-refractivity contribution in [2.45, 2.75) is 0 Å².